The van der Waals surface area contributed by atoms with Gasteiger partial charge < -0.3 is 18.9 Å². The van der Waals surface area contributed by atoms with E-state index in [9.17, 15) is 4.79 Å². The fraction of sp³-hybridized carbons (Fsp3) is 0.429. The number of cyclic esters (lactones) is 1. The molecule has 1 spiro atoms. The molecule has 0 saturated carbocycles. The molecule has 1 aromatic rings. The minimum atomic E-state index is -1.01. The maximum Gasteiger partial charge on any atom is 0.319 e. The molecule has 3 heterocycles. The van der Waals surface area contributed by atoms with Crippen LogP contribution >= 0.6 is 24.0 Å². The Morgan fingerprint density at radius 3 is 2.86 bits per heavy atom. The van der Waals surface area contributed by atoms with E-state index in [0.717, 1.165) is 5.56 Å². The molecule has 28 heavy (non-hydrogen) atoms. The van der Waals surface area contributed by atoms with Crippen molar-refractivity contribution in [3.8, 4) is 0 Å². The zero-order valence-corrected chi connectivity index (χ0v) is 17.2. The molecule has 4 rings (SSSR count). The standard InChI is InChI=1S/C21H22O5S2/c1-3-20-10-9-15(24-13-14-7-5-4-6-8-14)16(26-20)17(25-19(27)28-2)21(20)11-12-23-18(21)22/h3-10,15-17H,1,11-13H2,2H3/t15-,16-,17+,20+,21+/m0/s1. The summed E-state index contributed by atoms with van der Waals surface area (Å²) < 4.78 is 24.3. The van der Waals surface area contributed by atoms with E-state index in [2.05, 4.69) is 6.58 Å². The van der Waals surface area contributed by atoms with Gasteiger partial charge in [-0.1, -0.05) is 60.8 Å². The lowest BCUT2D eigenvalue weighted by Crippen LogP contribution is -2.52. The fourth-order valence-electron chi connectivity index (χ4n) is 4.35. The molecule has 0 amide bonds. The van der Waals surface area contributed by atoms with Crippen molar-refractivity contribution < 1.29 is 23.7 Å². The topological polar surface area (TPSA) is 54.0 Å². The van der Waals surface area contributed by atoms with Crippen molar-refractivity contribution in [3.63, 3.8) is 0 Å². The summed E-state index contributed by atoms with van der Waals surface area (Å²) in [5, 5.41) is 0. The summed E-state index contributed by atoms with van der Waals surface area (Å²) in [6.45, 7) is 4.69. The Balaban J connectivity index is 1.66. The maximum absolute atomic E-state index is 12.9. The molecule has 0 unspecified atom stereocenters. The lowest BCUT2D eigenvalue weighted by atomic mass is 9.68. The first-order valence-electron chi connectivity index (χ1n) is 9.14. The molecule has 0 aliphatic carbocycles. The van der Waals surface area contributed by atoms with Crippen LogP contribution in [0.3, 0.4) is 0 Å². The number of carbonyl (C=O) groups is 1. The summed E-state index contributed by atoms with van der Waals surface area (Å²) in [5.74, 6) is -0.336. The van der Waals surface area contributed by atoms with E-state index in [-0.39, 0.29) is 12.1 Å². The third-order valence-electron chi connectivity index (χ3n) is 5.74. The van der Waals surface area contributed by atoms with Gasteiger partial charge >= 0.3 is 5.97 Å². The van der Waals surface area contributed by atoms with Crippen molar-refractivity contribution in [1.82, 2.24) is 0 Å². The number of esters is 1. The second-order valence-corrected chi connectivity index (χ2v) is 8.46. The highest BCUT2D eigenvalue weighted by atomic mass is 32.2. The number of benzene rings is 1. The molecular weight excluding hydrogens is 396 g/mol. The first-order valence-corrected chi connectivity index (χ1v) is 10.8. The van der Waals surface area contributed by atoms with Gasteiger partial charge in [-0.3, -0.25) is 4.79 Å². The zero-order chi connectivity index (χ0) is 19.8. The first-order chi connectivity index (χ1) is 13.6. The number of hydrogen-bond acceptors (Lipinski definition) is 7. The molecule has 3 aliphatic heterocycles. The predicted molar refractivity (Wildman–Crippen MR) is 111 cm³/mol. The Morgan fingerprint density at radius 1 is 1.43 bits per heavy atom. The van der Waals surface area contributed by atoms with Crippen LogP contribution in [0.4, 0.5) is 0 Å². The molecule has 2 saturated heterocycles. The van der Waals surface area contributed by atoms with Gasteiger partial charge in [0.05, 0.1) is 13.2 Å². The van der Waals surface area contributed by atoms with Crippen molar-refractivity contribution in [1.29, 1.82) is 0 Å². The lowest BCUT2D eigenvalue weighted by Gasteiger charge is -2.36. The first kappa shape index (κ1) is 19.6. The Labute approximate surface area is 174 Å². The summed E-state index contributed by atoms with van der Waals surface area (Å²) in [6, 6.07) is 9.91. The number of thiocarbonyl (C=S) groups is 1. The average molecular weight is 419 g/mol. The molecule has 5 nitrogen and oxygen atoms in total. The summed E-state index contributed by atoms with van der Waals surface area (Å²) in [5.41, 5.74) is -0.946. The van der Waals surface area contributed by atoms with Gasteiger partial charge in [0, 0.05) is 6.42 Å². The van der Waals surface area contributed by atoms with Gasteiger partial charge in [0.15, 0.2) is 0 Å². The van der Waals surface area contributed by atoms with E-state index in [4.69, 9.17) is 31.2 Å². The van der Waals surface area contributed by atoms with Gasteiger partial charge in [-0.2, -0.15) is 0 Å². The normalized spacial score (nSPS) is 35.8. The number of ether oxygens (including phenoxy) is 4. The number of carbonyl (C=O) groups excluding carboxylic acids is 1. The number of rotatable bonds is 5. The molecule has 0 radical (unpaired) electrons. The second-order valence-electron chi connectivity index (χ2n) is 7.05. The van der Waals surface area contributed by atoms with E-state index in [0.29, 0.717) is 24.0 Å². The van der Waals surface area contributed by atoms with Crippen molar-refractivity contribution in [2.45, 2.75) is 36.9 Å². The third kappa shape index (κ3) is 2.92. The molecule has 2 fully saturated rings. The second kappa shape index (κ2) is 7.63. The van der Waals surface area contributed by atoms with Crippen molar-refractivity contribution >= 4 is 34.3 Å². The molecule has 148 valence electrons. The van der Waals surface area contributed by atoms with Crippen LogP contribution in [-0.4, -0.2) is 47.1 Å². The monoisotopic (exact) mass is 418 g/mol. The predicted octanol–water partition coefficient (Wildman–Crippen LogP) is 3.43. The quantitative estimate of drug-likeness (QED) is 0.412. The van der Waals surface area contributed by atoms with Gasteiger partial charge in [-0.05, 0) is 30.1 Å². The van der Waals surface area contributed by atoms with Crippen molar-refractivity contribution in [2.75, 3.05) is 12.9 Å². The molecule has 7 heteroatoms. The Kier molecular flexibility index (Phi) is 5.35. The van der Waals surface area contributed by atoms with Crippen LogP contribution in [0.15, 0.2) is 55.1 Å². The number of thioether (sulfide) groups is 1. The van der Waals surface area contributed by atoms with Crippen LogP contribution in [0.5, 0.6) is 0 Å². The zero-order valence-electron chi connectivity index (χ0n) is 15.5. The van der Waals surface area contributed by atoms with Crippen LogP contribution in [0.2, 0.25) is 0 Å². The fourth-order valence-corrected chi connectivity index (χ4v) is 4.66. The minimum absolute atomic E-state index is 0.319. The van der Waals surface area contributed by atoms with E-state index >= 15 is 0 Å². The van der Waals surface area contributed by atoms with Gasteiger partial charge in [0.1, 0.15) is 29.3 Å². The molecule has 1 aromatic carbocycles. The van der Waals surface area contributed by atoms with E-state index in [1.165, 1.54) is 11.8 Å². The number of hydrogen-bond donors (Lipinski definition) is 0. The van der Waals surface area contributed by atoms with Gasteiger partial charge in [0.2, 0.25) is 4.38 Å². The summed E-state index contributed by atoms with van der Waals surface area (Å²) in [4.78, 5) is 12.9. The lowest BCUT2D eigenvalue weighted by molar-refractivity contribution is -0.153. The minimum Gasteiger partial charge on any atom is -0.471 e. The Hall–Kier alpha value is -1.67. The third-order valence-corrected chi connectivity index (χ3v) is 6.77. The van der Waals surface area contributed by atoms with Gasteiger partial charge in [0.25, 0.3) is 0 Å². The maximum atomic E-state index is 12.9. The SMILES string of the molecule is C=C[C@]12C=C[C@H](OCc3ccccc3)[C@H](O1)[C@@H](OC(=S)SC)[C@@]21CCOC1=O. The summed E-state index contributed by atoms with van der Waals surface area (Å²) in [7, 11) is 0. The Morgan fingerprint density at radius 2 is 2.21 bits per heavy atom. The van der Waals surface area contributed by atoms with E-state index < -0.39 is 23.2 Å². The van der Waals surface area contributed by atoms with Crippen molar-refractivity contribution in [2.24, 2.45) is 5.41 Å². The van der Waals surface area contributed by atoms with Gasteiger partial charge in [-0.25, -0.2) is 0 Å². The molecular formula is C21H22O5S2. The van der Waals surface area contributed by atoms with E-state index in [1.54, 1.807) is 6.08 Å². The number of fused-ring (bicyclic) bond motifs is 3. The summed E-state index contributed by atoms with van der Waals surface area (Å²) >= 11 is 6.63. The highest BCUT2D eigenvalue weighted by Crippen LogP contribution is 2.58. The van der Waals surface area contributed by atoms with Crippen LogP contribution in [0.1, 0.15) is 12.0 Å². The van der Waals surface area contributed by atoms with Gasteiger partial charge in [-0.15, -0.1) is 0 Å². The highest BCUT2D eigenvalue weighted by molar-refractivity contribution is 8.22. The van der Waals surface area contributed by atoms with Crippen LogP contribution in [0.25, 0.3) is 0 Å². The average Bonchev–Trinajstić information content (AvgIpc) is 3.22. The molecule has 2 bridgehead atoms. The Bertz CT molecular complexity index is 810. The molecule has 0 aromatic heterocycles. The molecule has 0 N–H and O–H groups in total. The van der Waals surface area contributed by atoms with Crippen LogP contribution in [0, 0.1) is 5.41 Å². The van der Waals surface area contributed by atoms with Crippen LogP contribution < -0.4 is 0 Å². The van der Waals surface area contributed by atoms with Crippen molar-refractivity contribution in [3.05, 3.63) is 60.7 Å². The smallest absolute Gasteiger partial charge is 0.319 e. The van der Waals surface area contributed by atoms with E-state index in [1.807, 2.05) is 48.7 Å². The largest absolute Gasteiger partial charge is 0.471 e. The highest BCUT2D eigenvalue weighted by Gasteiger charge is 2.73. The van der Waals surface area contributed by atoms with Crippen LogP contribution in [-0.2, 0) is 30.3 Å². The molecule has 3 aliphatic rings. The molecule has 5 atom stereocenters. The summed E-state index contributed by atoms with van der Waals surface area (Å²) in [6.07, 6.45) is 6.30.